The van der Waals surface area contributed by atoms with Crippen LogP contribution in [0.1, 0.15) is 31.4 Å². The molecule has 0 spiro atoms. The van der Waals surface area contributed by atoms with E-state index < -0.39 is 6.10 Å². The molecule has 29 heavy (non-hydrogen) atoms. The summed E-state index contributed by atoms with van der Waals surface area (Å²) in [4.78, 5) is 25.8. The Morgan fingerprint density at radius 3 is 2.76 bits per heavy atom. The lowest BCUT2D eigenvalue weighted by molar-refractivity contribution is -0.908. The summed E-state index contributed by atoms with van der Waals surface area (Å²) in [6.45, 7) is 11.0. The number of hydrogen-bond donors (Lipinski definition) is 2. The molecule has 2 heterocycles. The Labute approximate surface area is 171 Å². The molecule has 0 radical (unpaired) electrons. The Hall–Kier alpha value is -2.38. The van der Waals surface area contributed by atoms with Crippen LogP contribution in [-0.2, 0) is 16.0 Å². The van der Waals surface area contributed by atoms with Crippen LogP contribution < -0.4 is 20.6 Å². The van der Waals surface area contributed by atoms with Crippen molar-refractivity contribution in [3.63, 3.8) is 0 Å². The minimum absolute atomic E-state index is 0.146. The van der Waals surface area contributed by atoms with Crippen LogP contribution in [-0.4, -0.2) is 51.4 Å². The summed E-state index contributed by atoms with van der Waals surface area (Å²) in [7, 11) is 0. The molecule has 7 heteroatoms. The molecule has 0 unspecified atom stereocenters. The lowest BCUT2D eigenvalue weighted by Crippen LogP contribution is -3.14. The van der Waals surface area contributed by atoms with Gasteiger partial charge in [0.1, 0.15) is 24.4 Å². The number of benzene rings is 1. The maximum atomic E-state index is 12.5. The molecule has 2 aromatic rings. The van der Waals surface area contributed by atoms with Gasteiger partial charge in [-0.25, -0.2) is 4.79 Å². The molecule has 0 aliphatic carbocycles. The van der Waals surface area contributed by atoms with Crippen LogP contribution in [0.4, 0.5) is 0 Å². The van der Waals surface area contributed by atoms with Gasteiger partial charge in [-0.2, -0.15) is 0 Å². The number of nitrogens with one attached hydrogen (secondary N) is 2. The second-order valence-electron chi connectivity index (χ2n) is 7.60. The van der Waals surface area contributed by atoms with E-state index in [1.807, 2.05) is 26.0 Å². The molecule has 1 saturated heterocycles. The predicted octanol–water partition coefficient (Wildman–Crippen LogP) is 0.853. The summed E-state index contributed by atoms with van der Waals surface area (Å²) >= 11 is 0. The first kappa shape index (κ1) is 21.3. The normalized spacial score (nSPS) is 16.0. The summed E-state index contributed by atoms with van der Waals surface area (Å²) in [5.41, 5.74) is 1.88. The molecule has 158 valence electrons. The van der Waals surface area contributed by atoms with Crippen LogP contribution in [0.2, 0.25) is 0 Å². The molecule has 1 aromatic heterocycles. The van der Waals surface area contributed by atoms with Gasteiger partial charge in [0.05, 0.1) is 25.1 Å². The van der Waals surface area contributed by atoms with E-state index in [2.05, 4.69) is 5.32 Å². The average Bonchev–Trinajstić information content (AvgIpc) is 2.70. The predicted molar refractivity (Wildman–Crippen MR) is 111 cm³/mol. The van der Waals surface area contributed by atoms with E-state index in [4.69, 9.17) is 13.9 Å². The van der Waals surface area contributed by atoms with E-state index in [0.717, 1.165) is 55.8 Å². The number of amides is 1. The zero-order valence-electron chi connectivity index (χ0n) is 17.5. The van der Waals surface area contributed by atoms with Gasteiger partial charge < -0.3 is 24.1 Å². The Morgan fingerprint density at radius 2 is 2.03 bits per heavy atom. The zero-order chi connectivity index (χ0) is 20.8. The number of carbonyl (C=O) groups excluding carboxylic acids is 1. The maximum Gasteiger partial charge on any atom is 0.336 e. The van der Waals surface area contributed by atoms with Crippen LogP contribution in [0, 0.1) is 6.92 Å². The van der Waals surface area contributed by atoms with Crippen molar-refractivity contribution in [2.24, 2.45) is 0 Å². The van der Waals surface area contributed by atoms with Gasteiger partial charge in [0, 0.05) is 19.0 Å². The van der Waals surface area contributed by atoms with E-state index in [0.29, 0.717) is 24.3 Å². The van der Waals surface area contributed by atoms with E-state index >= 15 is 0 Å². The first-order valence-electron chi connectivity index (χ1n) is 10.4. The molecular weight excluding hydrogens is 372 g/mol. The number of hydrogen-bond acceptors (Lipinski definition) is 5. The number of carbonyl (C=O) groups is 1. The quantitative estimate of drug-likeness (QED) is 0.505. The Balaban J connectivity index is 1.62. The standard InChI is InChI=1S/C22H30N2O5/c1-4-17-14-20(25)29-19-13-15(2)12-18(21(17)19)28-16(3)22(26)23-6-5-7-24-8-10-27-11-9-24/h12-14,16H,4-11H2,1-3H3,(H,23,26)/p+1/t16-/m0/s1. The van der Waals surface area contributed by atoms with Gasteiger partial charge in [0.25, 0.3) is 5.91 Å². The summed E-state index contributed by atoms with van der Waals surface area (Å²) in [6.07, 6.45) is 0.950. The van der Waals surface area contributed by atoms with Gasteiger partial charge in [-0.1, -0.05) is 6.92 Å². The Kier molecular flexibility index (Phi) is 7.28. The van der Waals surface area contributed by atoms with E-state index in [-0.39, 0.29) is 11.5 Å². The Bertz CT molecular complexity index is 902. The third-order valence-electron chi connectivity index (χ3n) is 5.29. The molecule has 0 bridgehead atoms. The lowest BCUT2D eigenvalue weighted by atomic mass is 10.0. The second-order valence-corrected chi connectivity index (χ2v) is 7.60. The molecule has 1 fully saturated rings. The van der Waals surface area contributed by atoms with Crippen molar-refractivity contribution in [2.75, 3.05) is 39.4 Å². The fraction of sp³-hybridized carbons (Fsp3) is 0.545. The number of fused-ring (bicyclic) bond motifs is 1. The molecule has 1 atom stereocenters. The van der Waals surface area contributed by atoms with E-state index in [1.165, 1.54) is 11.0 Å². The average molecular weight is 403 g/mol. The van der Waals surface area contributed by atoms with E-state index in [9.17, 15) is 9.59 Å². The third-order valence-corrected chi connectivity index (χ3v) is 5.29. The molecule has 1 aliphatic heterocycles. The Morgan fingerprint density at radius 1 is 1.28 bits per heavy atom. The molecule has 1 aliphatic rings. The van der Waals surface area contributed by atoms with Crippen LogP contribution in [0.25, 0.3) is 11.0 Å². The van der Waals surface area contributed by atoms with Gasteiger partial charge in [0.2, 0.25) is 0 Å². The summed E-state index contributed by atoms with van der Waals surface area (Å²) < 4.78 is 16.7. The first-order chi connectivity index (χ1) is 14.0. The maximum absolute atomic E-state index is 12.5. The fourth-order valence-corrected chi connectivity index (χ4v) is 3.69. The number of ether oxygens (including phenoxy) is 2. The molecular formula is C22H31N2O5+. The topological polar surface area (TPSA) is 82.2 Å². The third kappa shape index (κ3) is 5.58. The van der Waals surface area contributed by atoms with Crippen LogP contribution in [0.3, 0.4) is 0 Å². The number of morpholine rings is 1. The van der Waals surface area contributed by atoms with Crippen molar-refractivity contribution in [2.45, 2.75) is 39.7 Å². The van der Waals surface area contributed by atoms with Crippen molar-refractivity contribution >= 4 is 16.9 Å². The van der Waals surface area contributed by atoms with Gasteiger partial charge in [-0.15, -0.1) is 0 Å². The monoisotopic (exact) mass is 403 g/mol. The SMILES string of the molecule is CCc1cc(=O)oc2cc(C)cc(O[C@@H](C)C(=O)NCCC[NH+]3CCOCC3)c12. The van der Waals surface area contributed by atoms with Crippen LogP contribution >= 0.6 is 0 Å². The molecule has 0 saturated carbocycles. The number of aryl methyl sites for hydroxylation is 2. The minimum atomic E-state index is -0.646. The van der Waals surface area contributed by atoms with Gasteiger partial charge in [-0.3, -0.25) is 4.79 Å². The van der Waals surface area contributed by atoms with Crippen LogP contribution in [0.15, 0.2) is 27.4 Å². The summed E-state index contributed by atoms with van der Waals surface area (Å²) in [5, 5.41) is 3.72. The molecule has 1 aromatic carbocycles. The molecule has 2 N–H and O–H groups in total. The highest BCUT2D eigenvalue weighted by molar-refractivity contribution is 5.88. The molecule has 7 nitrogen and oxygen atoms in total. The number of rotatable bonds is 8. The lowest BCUT2D eigenvalue weighted by Gasteiger charge is -2.23. The zero-order valence-corrected chi connectivity index (χ0v) is 17.5. The highest BCUT2D eigenvalue weighted by Gasteiger charge is 2.19. The van der Waals surface area contributed by atoms with Crippen molar-refractivity contribution in [1.82, 2.24) is 5.32 Å². The molecule has 3 rings (SSSR count). The van der Waals surface area contributed by atoms with Gasteiger partial charge in [-0.05, 0) is 43.5 Å². The second kappa shape index (κ2) is 9.89. The van der Waals surface area contributed by atoms with Crippen molar-refractivity contribution in [3.8, 4) is 5.75 Å². The summed E-state index contributed by atoms with van der Waals surface area (Å²) in [6, 6.07) is 5.19. The smallest absolute Gasteiger partial charge is 0.336 e. The highest BCUT2D eigenvalue weighted by Crippen LogP contribution is 2.30. The summed E-state index contributed by atoms with van der Waals surface area (Å²) in [5.74, 6) is 0.424. The largest absolute Gasteiger partial charge is 0.480 e. The fourth-order valence-electron chi connectivity index (χ4n) is 3.69. The van der Waals surface area contributed by atoms with E-state index in [1.54, 1.807) is 6.92 Å². The van der Waals surface area contributed by atoms with Gasteiger partial charge in [0.15, 0.2) is 6.10 Å². The van der Waals surface area contributed by atoms with Gasteiger partial charge >= 0.3 is 5.63 Å². The first-order valence-corrected chi connectivity index (χ1v) is 10.4. The van der Waals surface area contributed by atoms with Crippen molar-refractivity contribution in [1.29, 1.82) is 0 Å². The molecule has 1 amide bonds. The van der Waals surface area contributed by atoms with Crippen molar-refractivity contribution in [3.05, 3.63) is 39.7 Å². The number of quaternary nitrogens is 1. The minimum Gasteiger partial charge on any atom is -0.480 e. The van der Waals surface area contributed by atoms with Crippen molar-refractivity contribution < 1.29 is 23.6 Å². The van der Waals surface area contributed by atoms with Crippen LogP contribution in [0.5, 0.6) is 5.75 Å². The highest BCUT2D eigenvalue weighted by atomic mass is 16.5.